The molecule has 1 amide bonds. The molecule has 0 aliphatic carbocycles. The molecule has 0 aromatic heterocycles. The molecule has 0 N–H and O–H groups in total. The number of hydrogen-bond donors (Lipinski definition) is 0. The highest BCUT2D eigenvalue weighted by Crippen LogP contribution is 2.16. The summed E-state index contributed by atoms with van der Waals surface area (Å²) < 4.78 is 31.9. The van der Waals surface area contributed by atoms with Gasteiger partial charge in [0.2, 0.25) is 0 Å². The molecule has 0 heterocycles. The average Bonchev–Trinajstić information content (AvgIpc) is 2.47. The predicted molar refractivity (Wildman–Crippen MR) is 80.0 cm³/mol. The highest BCUT2D eigenvalue weighted by molar-refractivity contribution is 5.94. The van der Waals surface area contributed by atoms with Gasteiger partial charge in [-0.05, 0) is 30.7 Å². The minimum atomic E-state index is -0.770. The largest absolute Gasteiger partial charge is 0.491 e. The van der Waals surface area contributed by atoms with E-state index in [-0.39, 0.29) is 5.56 Å². The number of likely N-dealkylation sites (N-methyl/N-ethyl adjacent to an activating group) is 1. The van der Waals surface area contributed by atoms with Crippen molar-refractivity contribution in [3.8, 4) is 5.75 Å². The summed E-state index contributed by atoms with van der Waals surface area (Å²) in [6, 6.07) is 10.3. The van der Waals surface area contributed by atoms with Crippen LogP contribution in [0.15, 0.2) is 42.5 Å². The Kier molecular flexibility index (Phi) is 5.09. The van der Waals surface area contributed by atoms with E-state index in [2.05, 4.69) is 0 Å². The van der Waals surface area contributed by atoms with Gasteiger partial charge in [-0.3, -0.25) is 4.79 Å². The van der Waals surface area contributed by atoms with E-state index >= 15 is 0 Å². The molecule has 0 unspecified atom stereocenters. The molecule has 5 heteroatoms. The van der Waals surface area contributed by atoms with Crippen molar-refractivity contribution < 1.29 is 18.3 Å². The summed E-state index contributed by atoms with van der Waals surface area (Å²) in [4.78, 5) is 13.5. The van der Waals surface area contributed by atoms with E-state index in [0.717, 1.165) is 29.5 Å². The van der Waals surface area contributed by atoms with Crippen molar-refractivity contribution in [2.45, 2.75) is 6.92 Å². The lowest BCUT2D eigenvalue weighted by Crippen LogP contribution is -2.31. The average molecular weight is 305 g/mol. The molecule has 0 saturated carbocycles. The summed E-state index contributed by atoms with van der Waals surface area (Å²) in [6.45, 7) is 2.54. The number of rotatable bonds is 5. The van der Waals surface area contributed by atoms with Gasteiger partial charge in [-0.25, -0.2) is 8.78 Å². The maximum absolute atomic E-state index is 13.1. The van der Waals surface area contributed by atoms with Crippen LogP contribution < -0.4 is 4.74 Å². The number of nitrogens with zero attached hydrogens (tertiary/aromatic N) is 1. The summed E-state index contributed by atoms with van der Waals surface area (Å²) in [7, 11) is 1.56. The zero-order valence-electron chi connectivity index (χ0n) is 12.5. The molecule has 2 aromatic rings. The zero-order valence-corrected chi connectivity index (χ0v) is 12.5. The van der Waals surface area contributed by atoms with Gasteiger partial charge in [-0.15, -0.1) is 0 Å². The smallest absolute Gasteiger partial charge is 0.253 e. The molecule has 3 nitrogen and oxygen atoms in total. The maximum Gasteiger partial charge on any atom is 0.253 e. The van der Waals surface area contributed by atoms with Gasteiger partial charge in [0.05, 0.1) is 6.54 Å². The second kappa shape index (κ2) is 7.02. The Morgan fingerprint density at radius 3 is 2.41 bits per heavy atom. The molecular formula is C17H17F2NO2. The zero-order chi connectivity index (χ0) is 16.1. The van der Waals surface area contributed by atoms with E-state index in [1.165, 1.54) is 4.90 Å². The fourth-order valence-corrected chi connectivity index (χ4v) is 2.01. The molecule has 2 rings (SSSR count). The lowest BCUT2D eigenvalue weighted by Gasteiger charge is -2.18. The Labute approximate surface area is 128 Å². The van der Waals surface area contributed by atoms with Crippen LogP contribution >= 0.6 is 0 Å². The van der Waals surface area contributed by atoms with Gasteiger partial charge < -0.3 is 9.64 Å². The van der Waals surface area contributed by atoms with Crippen molar-refractivity contribution in [2.24, 2.45) is 0 Å². The number of halogens is 2. The topological polar surface area (TPSA) is 29.5 Å². The molecule has 2 aromatic carbocycles. The lowest BCUT2D eigenvalue weighted by atomic mass is 10.2. The van der Waals surface area contributed by atoms with Crippen molar-refractivity contribution >= 4 is 5.91 Å². The monoisotopic (exact) mass is 305 g/mol. The third-order valence-electron chi connectivity index (χ3n) is 3.23. The molecule has 0 aliphatic rings. The Morgan fingerprint density at radius 1 is 1.14 bits per heavy atom. The first-order chi connectivity index (χ1) is 10.5. The van der Waals surface area contributed by atoms with Gasteiger partial charge in [0.25, 0.3) is 5.91 Å². The summed E-state index contributed by atoms with van der Waals surface area (Å²) in [5.41, 5.74) is 0.986. The first kappa shape index (κ1) is 15.9. The van der Waals surface area contributed by atoms with Crippen molar-refractivity contribution in [2.75, 3.05) is 20.2 Å². The summed E-state index contributed by atoms with van der Waals surface area (Å²) >= 11 is 0. The molecule has 0 fully saturated rings. The summed E-state index contributed by atoms with van der Waals surface area (Å²) in [5.74, 6) is -1.24. The van der Waals surface area contributed by atoms with Gasteiger partial charge in [-0.1, -0.05) is 18.2 Å². The third kappa shape index (κ3) is 4.04. The number of ether oxygens (including phenoxy) is 1. The van der Waals surface area contributed by atoms with Gasteiger partial charge in [0.1, 0.15) is 24.0 Å². The first-order valence-electron chi connectivity index (χ1n) is 6.87. The molecule has 0 atom stereocenters. The van der Waals surface area contributed by atoms with Crippen LogP contribution in [0.5, 0.6) is 5.75 Å². The Balaban J connectivity index is 1.93. The van der Waals surface area contributed by atoms with E-state index in [1.54, 1.807) is 7.05 Å². The van der Waals surface area contributed by atoms with Crippen LogP contribution in [0.4, 0.5) is 8.78 Å². The highest BCUT2D eigenvalue weighted by Gasteiger charge is 2.14. The molecule has 0 radical (unpaired) electrons. The maximum atomic E-state index is 13.1. The number of hydrogen-bond acceptors (Lipinski definition) is 2. The van der Waals surface area contributed by atoms with E-state index in [4.69, 9.17) is 4.74 Å². The molecule has 0 spiro atoms. The Hall–Kier alpha value is -2.43. The predicted octanol–water partition coefficient (Wildman–Crippen LogP) is 3.42. The van der Waals surface area contributed by atoms with Crippen LogP contribution in [-0.2, 0) is 0 Å². The molecule has 0 saturated heterocycles. The molecule has 0 bridgehead atoms. The highest BCUT2D eigenvalue weighted by atomic mass is 19.1. The molecule has 22 heavy (non-hydrogen) atoms. The van der Waals surface area contributed by atoms with E-state index in [1.807, 2.05) is 31.2 Å². The third-order valence-corrected chi connectivity index (χ3v) is 3.23. The van der Waals surface area contributed by atoms with E-state index < -0.39 is 17.5 Å². The van der Waals surface area contributed by atoms with Crippen LogP contribution in [0.1, 0.15) is 15.9 Å². The standard InChI is InChI=1S/C17H17F2NO2/c1-12-5-3-4-6-16(12)22-8-7-20(2)17(21)13-9-14(18)11-15(19)10-13/h3-6,9-11H,7-8H2,1-2H3. The first-order valence-corrected chi connectivity index (χ1v) is 6.87. The fraction of sp³-hybridized carbons (Fsp3) is 0.235. The minimum absolute atomic E-state index is 0.0177. The number of amides is 1. The van der Waals surface area contributed by atoms with Crippen LogP contribution in [0.2, 0.25) is 0 Å². The second-order valence-corrected chi connectivity index (χ2v) is 5.00. The fourth-order valence-electron chi connectivity index (χ4n) is 2.01. The van der Waals surface area contributed by atoms with Crippen LogP contribution in [0.25, 0.3) is 0 Å². The van der Waals surface area contributed by atoms with Crippen LogP contribution in [-0.4, -0.2) is 31.0 Å². The van der Waals surface area contributed by atoms with Crippen molar-refractivity contribution in [1.29, 1.82) is 0 Å². The lowest BCUT2D eigenvalue weighted by molar-refractivity contribution is 0.0772. The SMILES string of the molecule is Cc1ccccc1OCCN(C)C(=O)c1cc(F)cc(F)c1. The molecule has 0 aliphatic heterocycles. The number of benzene rings is 2. The van der Waals surface area contributed by atoms with Gasteiger partial charge in [0, 0.05) is 18.7 Å². The molecular weight excluding hydrogens is 288 g/mol. The van der Waals surface area contributed by atoms with E-state index in [9.17, 15) is 13.6 Å². The van der Waals surface area contributed by atoms with Gasteiger partial charge in [-0.2, -0.15) is 0 Å². The molecule has 116 valence electrons. The van der Waals surface area contributed by atoms with Crippen molar-refractivity contribution in [3.05, 3.63) is 65.2 Å². The second-order valence-electron chi connectivity index (χ2n) is 5.00. The van der Waals surface area contributed by atoms with Gasteiger partial charge >= 0.3 is 0 Å². The van der Waals surface area contributed by atoms with Crippen molar-refractivity contribution in [1.82, 2.24) is 4.90 Å². The minimum Gasteiger partial charge on any atom is -0.491 e. The Bertz CT molecular complexity index is 653. The Morgan fingerprint density at radius 2 is 1.77 bits per heavy atom. The van der Waals surface area contributed by atoms with E-state index in [0.29, 0.717) is 13.2 Å². The van der Waals surface area contributed by atoms with Crippen molar-refractivity contribution in [3.63, 3.8) is 0 Å². The number of carbonyl (C=O) groups is 1. The van der Waals surface area contributed by atoms with Crippen LogP contribution in [0, 0.1) is 18.6 Å². The number of carbonyl (C=O) groups excluding carboxylic acids is 1. The summed E-state index contributed by atoms with van der Waals surface area (Å²) in [5, 5.41) is 0. The number of para-hydroxylation sites is 1. The van der Waals surface area contributed by atoms with Crippen LogP contribution in [0.3, 0.4) is 0 Å². The quantitative estimate of drug-likeness (QED) is 0.847. The summed E-state index contributed by atoms with van der Waals surface area (Å²) in [6.07, 6.45) is 0. The van der Waals surface area contributed by atoms with Gasteiger partial charge in [0.15, 0.2) is 0 Å². The number of aryl methyl sites for hydroxylation is 1. The normalized spacial score (nSPS) is 10.4.